The summed E-state index contributed by atoms with van der Waals surface area (Å²) in [5, 5.41) is 2.52. The summed E-state index contributed by atoms with van der Waals surface area (Å²) in [4.78, 5) is 28.6. The molecule has 1 amide bonds. The van der Waals surface area contributed by atoms with Gasteiger partial charge in [-0.15, -0.1) is 0 Å². The molecule has 0 saturated carbocycles. The molecule has 0 aliphatic carbocycles. The van der Waals surface area contributed by atoms with E-state index in [4.69, 9.17) is 4.74 Å². The number of aryl methyl sites for hydroxylation is 2. The Morgan fingerprint density at radius 3 is 2.69 bits per heavy atom. The molecule has 3 rings (SSSR count). The molecule has 2 aromatic heterocycles. The molecule has 0 radical (unpaired) electrons. The summed E-state index contributed by atoms with van der Waals surface area (Å²) in [6.45, 7) is 4.96. The highest BCUT2D eigenvalue weighted by Gasteiger charge is 2.21. The predicted molar refractivity (Wildman–Crippen MR) is 94.6 cm³/mol. The second-order valence-electron chi connectivity index (χ2n) is 6.02. The molecule has 0 saturated heterocycles. The largest absolute Gasteiger partial charge is 0.448 e. The van der Waals surface area contributed by atoms with Gasteiger partial charge >= 0.3 is 5.97 Å². The number of nitrogens with one attached hydrogen (secondary N) is 1. The van der Waals surface area contributed by atoms with Crippen LogP contribution in [0.2, 0.25) is 0 Å². The van der Waals surface area contributed by atoms with Crippen LogP contribution in [0.1, 0.15) is 28.7 Å². The molecule has 1 aromatic carbocycles. The minimum atomic E-state index is -1.06. The van der Waals surface area contributed by atoms with Crippen molar-refractivity contribution in [1.82, 2.24) is 9.38 Å². The third-order valence-electron chi connectivity index (χ3n) is 4.00. The quantitative estimate of drug-likeness (QED) is 0.729. The normalized spacial score (nSPS) is 12.0. The second kappa shape index (κ2) is 6.95. The molecule has 0 spiro atoms. The number of nitrogens with zero attached hydrogens (tertiary/aromatic N) is 2. The Balaban J connectivity index is 1.68. The lowest BCUT2D eigenvalue weighted by Crippen LogP contribution is -2.30. The fourth-order valence-electron chi connectivity index (χ4n) is 2.44. The number of hydrogen-bond donors (Lipinski definition) is 1. The highest BCUT2D eigenvalue weighted by molar-refractivity contribution is 5.97. The van der Waals surface area contributed by atoms with Gasteiger partial charge in [0.1, 0.15) is 11.5 Å². The number of imidazole rings is 1. The number of aromatic nitrogens is 2. The van der Waals surface area contributed by atoms with Crippen LogP contribution >= 0.6 is 0 Å². The van der Waals surface area contributed by atoms with Crippen LogP contribution in [-0.2, 0) is 9.53 Å². The van der Waals surface area contributed by atoms with Crippen LogP contribution in [0.4, 0.5) is 10.1 Å². The first-order valence-electron chi connectivity index (χ1n) is 8.08. The van der Waals surface area contributed by atoms with Crippen molar-refractivity contribution in [2.24, 2.45) is 0 Å². The van der Waals surface area contributed by atoms with Gasteiger partial charge in [0.25, 0.3) is 5.91 Å². The molecule has 6 nitrogen and oxygen atoms in total. The molecule has 0 aliphatic rings. The Bertz CT molecular complexity index is 997. The number of rotatable bonds is 4. The third kappa shape index (κ3) is 3.56. The summed E-state index contributed by atoms with van der Waals surface area (Å²) >= 11 is 0. The van der Waals surface area contributed by atoms with Crippen molar-refractivity contribution in [3.8, 4) is 0 Å². The van der Waals surface area contributed by atoms with Gasteiger partial charge in [-0.05, 0) is 50.6 Å². The minimum Gasteiger partial charge on any atom is -0.448 e. The van der Waals surface area contributed by atoms with Crippen molar-refractivity contribution in [3.63, 3.8) is 0 Å². The molecule has 2 heterocycles. The lowest BCUT2D eigenvalue weighted by Gasteiger charge is -2.13. The number of esters is 1. The maximum atomic E-state index is 13.5. The van der Waals surface area contributed by atoms with E-state index in [-0.39, 0.29) is 5.69 Å². The summed E-state index contributed by atoms with van der Waals surface area (Å²) in [5.41, 5.74) is 2.42. The van der Waals surface area contributed by atoms with E-state index in [2.05, 4.69) is 10.3 Å². The van der Waals surface area contributed by atoms with E-state index in [9.17, 15) is 14.0 Å². The van der Waals surface area contributed by atoms with Gasteiger partial charge in [-0.3, -0.25) is 4.79 Å². The average molecular weight is 355 g/mol. The monoisotopic (exact) mass is 355 g/mol. The van der Waals surface area contributed by atoms with Crippen molar-refractivity contribution in [1.29, 1.82) is 0 Å². The summed E-state index contributed by atoms with van der Waals surface area (Å²) in [6.07, 6.45) is 0.505. The molecule has 0 unspecified atom stereocenters. The van der Waals surface area contributed by atoms with Crippen molar-refractivity contribution >= 4 is 23.2 Å². The van der Waals surface area contributed by atoms with E-state index in [1.165, 1.54) is 13.0 Å². The molecule has 0 fully saturated rings. The number of hydrogen-bond acceptors (Lipinski definition) is 4. The minimum absolute atomic E-state index is 0.111. The zero-order valence-corrected chi connectivity index (χ0v) is 14.6. The van der Waals surface area contributed by atoms with Crippen LogP contribution in [0.15, 0.2) is 42.6 Å². The summed E-state index contributed by atoms with van der Waals surface area (Å²) in [7, 11) is 0. The standard InChI is InChI=1S/C19H18FN3O3/c1-11-7-8-14(9-15(11)20)21-18(24)13(3)26-19(25)16-10-23-12(2)5-4-6-17(23)22-16/h4-10,13H,1-3H3,(H,21,24)/t13-/m1/s1. The van der Waals surface area contributed by atoms with E-state index >= 15 is 0 Å². The van der Waals surface area contributed by atoms with Crippen LogP contribution in [0.5, 0.6) is 0 Å². The van der Waals surface area contributed by atoms with Crippen LogP contribution in [-0.4, -0.2) is 27.4 Å². The van der Waals surface area contributed by atoms with Gasteiger partial charge in [-0.2, -0.15) is 0 Å². The lowest BCUT2D eigenvalue weighted by atomic mass is 10.2. The number of halogens is 1. The van der Waals surface area contributed by atoms with Gasteiger partial charge in [-0.25, -0.2) is 14.2 Å². The molecule has 134 valence electrons. The topological polar surface area (TPSA) is 72.7 Å². The number of benzene rings is 1. The Labute approximate surface area is 149 Å². The Kier molecular flexibility index (Phi) is 4.71. The summed E-state index contributed by atoms with van der Waals surface area (Å²) in [6, 6.07) is 9.85. The van der Waals surface area contributed by atoms with Gasteiger partial charge in [0.15, 0.2) is 11.8 Å². The van der Waals surface area contributed by atoms with Crippen molar-refractivity contribution < 1.29 is 18.7 Å². The fraction of sp³-hybridized carbons (Fsp3) is 0.211. The number of anilines is 1. The van der Waals surface area contributed by atoms with E-state index in [1.807, 2.05) is 19.1 Å². The molecule has 1 atom stereocenters. The number of carbonyl (C=O) groups is 2. The molecule has 7 heteroatoms. The zero-order valence-electron chi connectivity index (χ0n) is 14.6. The highest BCUT2D eigenvalue weighted by atomic mass is 19.1. The average Bonchev–Trinajstić information content (AvgIpc) is 3.04. The smallest absolute Gasteiger partial charge is 0.359 e. The van der Waals surface area contributed by atoms with E-state index < -0.39 is 23.8 Å². The predicted octanol–water partition coefficient (Wildman–Crippen LogP) is 3.27. The van der Waals surface area contributed by atoms with Crippen LogP contribution in [0.3, 0.4) is 0 Å². The van der Waals surface area contributed by atoms with Crippen LogP contribution in [0, 0.1) is 19.7 Å². The van der Waals surface area contributed by atoms with Crippen LogP contribution < -0.4 is 5.32 Å². The molecular formula is C19H18FN3O3. The first-order valence-corrected chi connectivity index (χ1v) is 8.08. The Morgan fingerprint density at radius 1 is 1.23 bits per heavy atom. The third-order valence-corrected chi connectivity index (χ3v) is 4.00. The first kappa shape index (κ1) is 17.6. The molecule has 0 bridgehead atoms. The van der Waals surface area contributed by atoms with Crippen LogP contribution in [0.25, 0.3) is 5.65 Å². The van der Waals surface area contributed by atoms with Gasteiger partial charge in [0.05, 0.1) is 0 Å². The zero-order chi connectivity index (χ0) is 18.8. The summed E-state index contributed by atoms with van der Waals surface area (Å²) in [5.74, 6) is -1.68. The number of fused-ring (bicyclic) bond motifs is 1. The van der Waals surface area contributed by atoms with Crippen molar-refractivity contribution in [3.05, 3.63) is 65.4 Å². The van der Waals surface area contributed by atoms with E-state index in [0.29, 0.717) is 16.9 Å². The Morgan fingerprint density at radius 2 is 2.00 bits per heavy atom. The molecule has 26 heavy (non-hydrogen) atoms. The van der Waals surface area contributed by atoms with E-state index in [1.54, 1.807) is 35.7 Å². The second-order valence-corrected chi connectivity index (χ2v) is 6.02. The molecule has 0 aliphatic heterocycles. The highest BCUT2D eigenvalue weighted by Crippen LogP contribution is 2.15. The van der Waals surface area contributed by atoms with Crippen molar-refractivity contribution in [2.45, 2.75) is 26.9 Å². The van der Waals surface area contributed by atoms with Gasteiger partial charge in [0, 0.05) is 17.6 Å². The fourth-order valence-corrected chi connectivity index (χ4v) is 2.44. The number of ether oxygens (including phenoxy) is 1. The summed E-state index contributed by atoms with van der Waals surface area (Å²) < 4.78 is 20.5. The van der Waals surface area contributed by atoms with Gasteiger partial charge in [0.2, 0.25) is 0 Å². The molecule has 1 N–H and O–H groups in total. The molecular weight excluding hydrogens is 337 g/mol. The number of amides is 1. The number of pyridine rings is 1. The number of carbonyl (C=O) groups excluding carboxylic acids is 2. The lowest BCUT2D eigenvalue weighted by molar-refractivity contribution is -0.123. The van der Waals surface area contributed by atoms with E-state index in [0.717, 1.165) is 5.69 Å². The van der Waals surface area contributed by atoms with Gasteiger partial charge in [-0.1, -0.05) is 12.1 Å². The Hall–Kier alpha value is -3.22. The van der Waals surface area contributed by atoms with Crippen molar-refractivity contribution in [2.75, 3.05) is 5.32 Å². The molecule has 3 aromatic rings. The maximum Gasteiger partial charge on any atom is 0.359 e. The first-order chi connectivity index (χ1) is 12.3. The van der Waals surface area contributed by atoms with Gasteiger partial charge < -0.3 is 14.5 Å². The SMILES string of the molecule is Cc1ccc(NC(=O)[C@@H](C)OC(=O)c2cn3c(C)cccc3n2)cc1F. The maximum absolute atomic E-state index is 13.5.